The Bertz CT molecular complexity index is 956. The minimum atomic E-state index is -0.360. The summed E-state index contributed by atoms with van der Waals surface area (Å²) in [6.07, 6.45) is 3.64. The van der Waals surface area contributed by atoms with E-state index < -0.39 is 0 Å². The summed E-state index contributed by atoms with van der Waals surface area (Å²) in [7, 11) is 0. The van der Waals surface area contributed by atoms with Gasteiger partial charge in [-0.15, -0.1) is 0 Å². The molecule has 1 aromatic carbocycles. The highest BCUT2D eigenvalue weighted by molar-refractivity contribution is 5.89. The smallest absolute Gasteiger partial charge is 0.225 e. The molecule has 3 aromatic rings. The van der Waals surface area contributed by atoms with Crippen LogP contribution in [-0.2, 0) is 22.7 Å². The first kappa shape index (κ1) is 17.9. The minimum Gasteiger partial charge on any atom is -0.359 e. The molecular formula is C21H20N4O3. The van der Waals surface area contributed by atoms with E-state index in [-0.39, 0.29) is 30.7 Å². The van der Waals surface area contributed by atoms with Crippen molar-refractivity contribution in [1.29, 1.82) is 0 Å². The van der Waals surface area contributed by atoms with E-state index in [1.165, 1.54) is 0 Å². The molecule has 1 aliphatic heterocycles. The van der Waals surface area contributed by atoms with E-state index in [1.54, 1.807) is 17.3 Å². The van der Waals surface area contributed by atoms with Crippen LogP contribution >= 0.6 is 0 Å². The number of carbonyl (C=O) groups is 2. The van der Waals surface area contributed by atoms with Crippen LogP contribution in [0.2, 0.25) is 0 Å². The third-order valence-electron chi connectivity index (χ3n) is 4.75. The van der Waals surface area contributed by atoms with Crippen LogP contribution in [0.15, 0.2) is 65.4 Å². The van der Waals surface area contributed by atoms with Gasteiger partial charge in [-0.2, -0.15) is 0 Å². The van der Waals surface area contributed by atoms with Gasteiger partial charge in [-0.3, -0.25) is 14.6 Å². The van der Waals surface area contributed by atoms with E-state index in [9.17, 15) is 9.59 Å². The average Bonchev–Trinajstić information content (AvgIpc) is 3.35. The van der Waals surface area contributed by atoms with Crippen LogP contribution in [0.5, 0.6) is 0 Å². The number of likely N-dealkylation sites (tertiary alicyclic amines) is 1. The molecule has 0 spiro atoms. The number of pyridine rings is 1. The van der Waals surface area contributed by atoms with Crippen molar-refractivity contribution in [2.75, 3.05) is 6.54 Å². The number of rotatable bonds is 6. The number of carbonyl (C=O) groups excluding carboxylic acids is 2. The number of aromatic nitrogens is 2. The van der Waals surface area contributed by atoms with Crippen molar-refractivity contribution in [2.45, 2.75) is 19.5 Å². The van der Waals surface area contributed by atoms with Crippen molar-refractivity contribution in [3.8, 4) is 11.3 Å². The molecule has 0 saturated carbocycles. The fourth-order valence-electron chi connectivity index (χ4n) is 3.27. The molecule has 2 amide bonds. The maximum Gasteiger partial charge on any atom is 0.225 e. The molecule has 7 heteroatoms. The van der Waals surface area contributed by atoms with Gasteiger partial charge in [0, 0.05) is 43.5 Å². The highest BCUT2D eigenvalue weighted by Gasteiger charge is 2.34. The molecule has 1 saturated heterocycles. The first-order valence-corrected chi connectivity index (χ1v) is 9.14. The van der Waals surface area contributed by atoms with Crippen molar-refractivity contribution in [3.05, 3.63) is 72.2 Å². The third kappa shape index (κ3) is 4.09. The van der Waals surface area contributed by atoms with Crippen LogP contribution in [-0.4, -0.2) is 33.4 Å². The van der Waals surface area contributed by atoms with Gasteiger partial charge in [0.15, 0.2) is 5.76 Å². The molecule has 1 atom stereocenters. The quantitative estimate of drug-likeness (QED) is 0.714. The van der Waals surface area contributed by atoms with Crippen LogP contribution in [0.1, 0.15) is 17.7 Å². The summed E-state index contributed by atoms with van der Waals surface area (Å²) in [4.78, 5) is 30.5. The second-order valence-electron chi connectivity index (χ2n) is 6.80. The van der Waals surface area contributed by atoms with E-state index in [0.717, 1.165) is 16.8 Å². The molecule has 7 nitrogen and oxygen atoms in total. The fraction of sp³-hybridized carbons (Fsp3) is 0.238. The monoisotopic (exact) mass is 376 g/mol. The second-order valence-corrected chi connectivity index (χ2v) is 6.80. The lowest BCUT2D eigenvalue weighted by atomic mass is 10.1. The number of amides is 2. The molecule has 0 aliphatic carbocycles. The molecule has 28 heavy (non-hydrogen) atoms. The molecule has 0 bridgehead atoms. The van der Waals surface area contributed by atoms with E-state index in [4.69, 9.17) is 4.52 Å². The van der Waals surface area contributed by atoms with E-state index in [0.29, 0.717) is 18.8 Å². The Morgan fingerprint density at radius 2 is 2.07 bits per heavy atom. The van der Waals surface area contributed by atoms with Crippen molar-refractivity contribution >= 4 is 11.8 Å². The standard InChI is InChI=1S/C21H20N4O3/c26-20-9-17(14-25(20)13-15-5-4-8-22-11-15)21(27)23-12-18-10-19(24-28-18)16-6-2-1-3-7-16/h1-8,10-11,17H,9,12-14H2,(H,23,27). The van der Waals surface area contributed by atoms with Gasteiger partial charge in [-0.1, -0.05) is 41.6 Å². The summed E-state index contributed by atoms with van der Waals surface area (Å²) < 4.78 is 5.30. The number of hydrogen-bond donors (Lipinski definition) is 1. The maximum atomic E-state index is 12.5. The van der Waals surface area contributed by atoms with Crippen molar-refractivity contribution < 1.29 is 14.1 Å². The molecule has 2 aromatic heterocycles. The summed E-state index contributed by atoms with van der Waals surface area (Å²) in [6, 6.07) is 15.3. The Morgan fingerprint density at radius 1 is 1.21 bits per heavy atom. The number of hydrogen-bond acceptors (Lipinski definition) is 5. The van der Waals surface area contributed by atoms with E-state index >= 15 is 0 Å². The summed E-state index contributed by atoms with van der Waals surface area (Å²) in [6.45, 7) is 1.12. The molecule has 4 rings (SSSR count). The van der Waals surface area contributed by atoms with Crippen LogP contribution in [0.4, 0.5) is 0 Å². The fourth-order valence-corrected chi connectivity index (χ4v) is 3.27. The maximum absolute atomic E-state index is 12.5. The van der Waals surface area contributed by atoms with Gasteiger partial charge < -0.3 is 14.7 Å². The predicted octanol–water partition coefficient (Wildman–Crippen LogP) is 2.40. The summed E-state index contributed by atoms with van der Waals surface area (Å²) in [5.74, 6) is 0.0409. The van der Waals surface area contributed by atoms with Crippen molar-refractivity contribution in [2.24, 2.45) is 5.92 Å². The van der Waals surface area contributed by atoms with Crippen LogP contribution in [0, 0.1) is 5.92 Å². The van der Waals surface area contributed by atoms with Gasteiger partial charge in [0.05, 0.1) is 12.5 Å². The third-order valence-corrected chi connectivity index (χ3v) is 4.75. The van der Waals surface area contributed by atoms with Gasteiger partial charge in [-0.05, 0) is 11.6 Å². The van der Waals surface area contributed by atoms with Crippen LogP contribution < -0.4 is 5.32 Å². The Hall–Kier alpha value is -3.48. The SMILES string of the molecule is O=C(NCc1cc(-c2ccccc2)no1)C1CC(=O)N(Cc2cccnc2)C1. The largest absolute Gasteiger partial charge is 0.359 e. The van der Waals surface area contributed by atoms with Gasteiger partial charge in [0.2, 0.25) is 11.8 Å². The van der Waals surface area contributed by atoms with Crippen molar-refractivity contribution in [3.63, 3.8) is 0 Å². The highest BCUT2D eigenvalue weighted by atomic mass is 16.5. The summed E-state index contributed by atoms with van der Waals surface area (Å²) in [5, 5.41) is 6.89. The van der Waals surface area contributed by atoms with Gasteiger partial charge in [-0.25, -0.2) is 0 Å². The lowest BCUT2D eigenvalue weighted by Crippen LogP contribution is -2.32. The number of nitrogens with one attached hydrogen (secondary N) is 1. The molecule has 0 radical (unpaired) electrons. The summed E-state index contributed by atoms with van der Waals surface area (Å²) >= 11 is 0. The van der Waals surface area contributed by atoms with Crippen LogP contribution in [0.3, 0.4) is 0 Å². The zero-order chi connectivity index (χ0) is 19.3. The zero-order valence-corrected chi connectivity index (χ0v) is 15.2. The Morgan fingerprint density at radius 3 is 2.86 bits per heavy atom. The molecule has 1 fully saturated rings. The predicted molar refractivity (Wildman–Crippen MR) is 102 cm³/mol. The highest BCUT2D eigenvalue weighted by Crippen LogP contribution is 2.21. The first-order chi connectivity index (χ1) is 13.7. The van der Waals surface area contributed by atoms with Crippen LogP contribution in [0.25, 0.3) is 11.3 Å². The molecule has 1 N–H and O–H groups in total. The molecule has 142 valence electrons. The topological polar surface area (TPSA) is 88.3 Å². The summed E-state index contributed by atoms with van der Waals surface area (Å²) in [5.41, 5.74) is 2.63. The molecule has 3 heterocycles. The molecular weight excluding hydrogens is 356 g/mol. The average molecular weight is 376 g/mol. The Labute approximate surface area is 162 Å². The number of nitrogens with zero attached hydrogens (tertiary/aromatic N) is 3. The molecule has 1 unspecified atom stereocenters. The minimum absolute atomic E-state index is 0.0185. The Balaban J connectivity index is 1.31. The van der Waals surface area contributed by atoms with Gasteiger partial charge >= 0.3 is 0 Å². The Kier molecular flexibility index (Phi) is 5.14. The lowest BCUT2D eigenvalue weighted by Gasteiger charge is -2.16. The van der Waals surface area contributed by atoms with Crippen molar-refractivity contribution in [1.82, 2.24) is 20.4 Å². The van der Waals surface area contributed by atoms with Gasteiger partial charge in [0.25, 0.3) is 0 Å². The lowest BCUT2D eigenvalue weighted by molar-refractivity contribution is -0.129. The number of benzene rings is 1. The van der Waals surface area contributed by atoms with E-state index in [1.807, 2.05) is 48.5 Å². The van der Waals surface area contributed by atoms with Gasteiger partial charge in [0.1, 0.15) is 5.69 Å². The van der Waals surface area contributed by atoms with E-state index in [2.05, 4.69) is 15.5 Å². The second kappa shape index (κ2) is 8.04. The molecule has 1 aliphatic rings. The normalized spacial score (nSPS) is 16.4. The first-order valence-electron chi connectivity index (χ1n) is 9.14. The zero-order valence-electron chi connectivity index (χ0n) is 15.2.